The lowest BCUT2D eigenvalue weighted by Gasteiger charge is -2.15. The van der Waals surface area contributed by atoms with Crippen LogP contribution in [0.1, 0.15) is 24.3 Å². The van der Waals surface area contributed by atoms with Gasteiger partial charge in [-0.2, -0.15) is 5.10 Å². The van der Waals surface area contributed by atoms with E-state index in [9.17, 15) is 5.11 Å². The first-order chi connectivity index (χ1) is 8.15. The number of aryl methyl sites for hydroxylation is 1. The third-order valence-corrected chi connectivity index (χ3v) is 3.92. The Kier molecular flexibility index (Phi) is 4.01. The first kappa shape index (κ1) is 12.8. The summed E-state index contributed by atoms with van der Waals surface area (Å²) >= 11 is 6.87. The SMILES string of the molecule is CCn1ncc(Br)c1C(O)c1ccccc1Br. The van der Waals surface area contributed by atoms with Gasteiger partial charge in [0.15, 0.2) is 0 Å². The normalized spacial score (nSPS) is 12.7. The summed E-state index contributed by atoms with van der Waals surface area (Å²) in [5.74, 6) is 0. The van der Waals surface area contributed by atoms with E-state index in [0.717, 1.165) is 26.7 Å². The molecule has 0 spiro atoms. The van der Waals surface area contributed by atoms with Crippen molar-refractivity contribution in [1.29, 1.82) is 0 Å². The highest BCUT2D eigenvalue weighted by atomic mass is 79.9. The fourth-order valence-electron chi connectivity index (χ4n) is 1.74. The quantitative estimate of drug-likeness (QED) is 0.910. The molecule has 0 saturated heterocycles. The van der Waals surface area contributed by atoms with Crippen molar-refractivity contribution in [2.45, 2.75) is 19.6 Å². The summed E-state index contributed by atoms with van der Waals surface area (Å²) in [7, 11) is 0. The minimum absolute atomic E-state index is 0.692. The molecule has 0 fully saturated rings. The van der Waals surface area contributed by atoms with Crippen LogP contribution in [0.4, 0.5) is 0 Å². The van der Waals surface area contributed by atoms with E-state index in [1.807, 2.05) is 31.2 Å². The van der Waals surface area contributed by atoms with Crippen molar-refractivity contribution in [3.8, 4) is 0 Å². The van der Waals surface area contributed by atoms with Gasteiger partial charge in [-0.25, -0.2) is 0 Å². The molecule has 0 aliphatic heterocycles. The fourth-order valence-corrected chi connectivity index (χ4v) is 2.75. The third-order valence-electron chi connectivity index (χ3n) is 2.59. The Balaban J connectivity index is 2.47. The average Bonchev–Trinajstić information content (AvgIpc) is 2.70. The highest BCUT2D eigenvalue weighted by molar-refractivity contribution is 9.10. The van der Waals surface area contributed by atoms with E-state index in [1.165, 1.54) is 0 Å². The molecule has 1 atom stereocenters. The second-order valence-electron chi connectivity index (χ2n) is 3.62. The van der Waals surface area contributed by atoms with Crippen LogP contribution in [0.2, 0.25) is 0 Å². The van der Waals surface area contributed by atoms with E-state index in [2.05, 4.69) is 37.0 Å². The van der Waals surface area contributed by atoms with Crippen LogP contribution < -0.4 is 0 Å². The summed E-state index contributed by atoms with van der Waals surface area (Å²) in [4.78, 5) is 0. The number of aromatic nitrogens is 2. The second-order valence-corrected chi connectivity index (χ2v) is 5.33. The van der Waals surface area contributed by atoms with Crippen LogP contribution in [0, 0.1) is 0 Å². The maximum absolute atomic E-state index is 10.4. The predicted octanol–water partition coefficient (Wildman–Crippen LogP) is 3.51. The van der Waals surface area contributed by atoms with Gasteiger partial charge in [-0.3, -0.25) is 4.68 Å². The summed E-state index contributed by atoms with van der Waals surface area (Å²) in [6, 6.07) is 7.64. The molecule has 0 amide bonds. The Hall–Kier alpha value is -0.650. The van der Waals surface area contributed by atoms with Crippen LogP contribution in [0.15, 0.2) is 39.4 Å². The zero-order valence-electron chi connectivity index (χ0n) is 9.27. The molecule has 1 aromatic heterocycles. The van der Waals surface area contributed by atoms with Gasteiger partial charge in [-0.1, -0.05) is 34.1 Å². The monoisotopic (exact) mass is 358 g/mol. The molecule has 0 radical (unpaired) electrons. The molecule has 0 aliphatic rings. The maximum atomic E-state index is 10.4. The Labute approximate surface area is 117 Å². The molecule has 2 rings (SSSR count). The van der Waals surface area contributed by atoms with Gasteiger partial charge in [0, 0.05) is 16.6 Å². The van der Waals surface area contributed by atoms with Crippen molar-refractivity contribution in [2.75, 3.05) is 0 Å². The fraction of sp³-hybridized carbons (Fsp3) is 0.250. The third kappa shape index (κ3) is 2.46. The first-order valence-electron chi connectivity index (χ1n) is 5.28. The number of nitrogens with zero attached hydrogens (tertiary/aromatic N) is 2. The zero-order chi connectivity index (χ0) is 12.4. The topological polar surface area (TPSA) is 38.0 Å². The predicted molar refractivity (Wildman–Crippen MR) is 73.8 cm³/mol. The summed E-state index contributed by atoms with van der Waals surface area (Å²) in [6.45, 7) is 2.72. The van der Waals surface area contributed by atoms with Gasteiger partial charge >= 0.3 is 0 Å². The van der Waals surface area contributed by atoms with Crippen LogP contribution in [0.25, 0.3) is 0 Å². The standard InChI is InChI=1S/C12H12Br2N2O/c1-2-16-11(10(14)7-15-16)12(17)8-5-3-4-6-9(8)13/h3-7,12,17H,2H2,1H3. The van der Waals surface area contributed by atoms with Gasteiger partial charge in [-0.05, 0) is 28.9 Å². The summed E-state index contributed by atoms with van der Waals surface area (Å²) in [5, 5.41) is 14.6. The average molecular weight is 360 g/mol. The van der Waals surface area contributed by atoms with Crippen molar-refractivity contribution in [3.05, 3.63) is 50.7 Å². The number of benzene rings is 1. The molecule has 1 N–H and O–H groups in total. The van der Waals surface area contributed by atoms with E-state index in [1.54, 1.807) is 10.9 Å². The lowest BCUT2D eigenvalue weighted by molar-refractivity contribution is 0.206. The zero-order valence-corrected chi connectivity index (χ0v) is 12.4. The molecule has 2 aromatic rings. The number of aliphatic hydroxyl groups excluding tert-OH is 1. The van der Waals surface area contributed by atoms with Crippen LogP contribution in [-0.4, -0.2) is 14.9 Å². The Morgan fingerprint density at radius 1 is 1.29 bits per heavy atom. The molecular weight excluding hydrogens is 348 g/mol. The molecule has 90 valence electrons. The largest absolute Gasteiger partial charge is 0.382 e. The molecule has 0 aliphatic carbocycles. The van der Waals surface area contributed by atoms with Gasteiger partial charge in [0.05, 0.1) is 16.4 Å². The van der Waals surface area contributed by atoms with Gasteiger partial charge in [0.2, 0.25) is 0 Å². The molecule has 1 heterocycles. The van der Waals surface area contributed by atoms with Crippen molar-refractivity contribution < 1.29 is 5.11 Å². The van der Waals surface area contributed by atoms with Crippen molar-refractivity contribution in [1.82, 2.24) is 9.78 Å². The molecule has 1 aromatic carbocycles. The minimum Gasteiger partial charge on any atom is -0.382 e. The number of aliphatic hydroxyl groups is 1. The number of hydrogen-bond donors (Lipinski definition) is 1. The summed E-state index contributed by atoms with van der Waals surface area (Å²) in [5.41, 5.74) is 1.61. The Morgan fingerprint density at radius 3 is 2.65 bits per heavy atom. The molecule has 3 nitrogen and oxygen atoms in total. The van der Waals surface area contributed by atoms with Crippen LogP contribution in [-0.2, 0) is 6.54 Å². The minimum atomic E-state index is -0.692. The van der Waals surface area contributed by atoms with Crippen molar-refractivity contribution in [2.24, 2.45) is 0 Å². The van der Waals surface area contributed by atoms with Gasteiger partial charge < -0.3 is 5.11 Å². The molecular formula is C12H12Br2N2O. The van der Waals surface area contributed by atoms with E-state index >= 15 is 0 Å². The number of rotatable bonds is 3. The second kappa shape index (κ2) is 5.33. The van der Waals surface area contributed by atoms with Gasteiger partial charge in [0.1, 0.15) is 6.10 Å². The highest BCUT2D eigenvalue weighted by Gasteiger charge is 2.20. The lowest BCUT2D eigenvalue weighted by Crippen LogP contribution is -2.10. The molecule has 1 unspecified atom stereocenters. The molecule has 5 heteroatoms. The van der Waals surface area contributed by atoms with E-state index in [-0.39, 0.29) is 0 Å². The van der Waals surface area contributed by atoms with Crippen LogP contribution in [0.3, 0.4) is 0 Å². The van der Waals surface area contributed by atoms with E-state index in [4.69, 9.17) is 0 Å². The maximum Gasteiger partial charge on any atom is 0.123 e. The first-order valence-corrected chi connectivity index (χ1v) is 6.87. The van der Waals surface area contributed by atoms with Crippen LogP contribution >= 0.6 is 31.9 Å². The molecule has 0 bridgehead atoms. The van der Waals surface area contributed by atoms with Crippen molar-refractivity contribution >= 4 is 31.9 Å². The summed E-state index contributed by atoms with van der Waals surface area (Å²) < 4.78 is 3.50. The van der Waals surface area contributed by atoms with E-state index in [0.29, 0.717) is 0 Å². The van der Waals surface area contributed by atoms with Crippen LogP contribution in [0.5, 0.6) is 0 Å². The molecule has 17 heavy (non-hydrogen) atoms. The number of halogens is 2. The smallest absolute Gasteiger partial charge is 0.123 e. The van der Waals surface area contributed by atoms with Gasteiger partial charge in [0.25, 0.3) is 0 Å². The Morgan fingerprint density at radius 2 is 2.00 bits per heavy atom. The van der Waals surface area contributed by atoms with E-state index < -0.39 is 6.10 Å². The summed E-state index contributed by atoms with van der Waals surface area (Å²) in [6.07, 6.45) is 1.02. The molecule has 0 saturated carbocycles. The lowest BCUT2D eigenvalue weighted by atomic mass is 10.1. The van der Waals surface area contributed by atoms with Gasteiger partial charge in [-0.15, -0.1) is 0 Å². The Bertz CT molecular complexity index is 525. The highest BCUT2D eigenvalue weighted by Crippen LogP contribution is 2.32. The van der Waals surface area contributed by atoms with Crippen molar-refractivity contribution in [3.63, 3.8) is 0 Å². The number of hydrogen-bond acceptors (Lipinski definition) is 2.